The van der Waals surface area contributed by atoms with E-state index in [0.717, 1.165) is 16.8 Å². The van der Waals surface area contributed by atoms with Gasteiger partial charge in [0.1, 0.15) is 5.75 Å². The van der Waals surface area contributed by atoms with Crippen LogP contribution in [0.2, 0.25) is 5.02 Å². The van der Waals surface area contributed by atoms with Crippen LogP contribution in [0.4, 0.5) is 5.69 Å². The van der Waals surface area contributed by atoms with E-state index in [1.54, 1.807) is 48.2 Å². The Morgan fingerprint density at radius 2 is 1.80 bits per heavy atom. The molecule has 150 valence electrons. The van der Waals surface area contributed by atoms with Crippen LogP contribution in [0.15, 0.2) is 72.8 Å². The summed E-state index contributed by atoms with van der Waals surface area (Å²) in [5.41, 5.74) is 3.27. The smallest absolute Gasteiger partial charge is 0.295 e. The minimum Gasteiger partial charge on any atom is -0.497 e. The maximum Gasteiger partial charge on any atom is 0.295 e. The number of ether oxygens (including phenoxy) is 1. The van der Waals surface area contributed by atoms with Gasteiger partial charge in [-0.05, 0) is 43.3 Å². The number of aromatic nitrogens is 3. The van der Waals surface area contributed by atoms with Crippen molar-refractivity contribution in [2.45, 2.75) is 6.92 Å². The number of hydrogen-bond donors (Lipinski definition) is 1. The van der Waals surface area contributed by atoms with Crippen molar-refractivity contribution in [3.8, 4) is 22.8 Å². The first-order chi connectivity index (χ1) is 14.5. The SMILES string of the molecule is COc1cccc(NC(=O)c2nc(-c3cccc(Cl)c3)n(-c3ccc(C)cc3)n2)c1. The second-order valence-corrected chi connectivity index (χ2v) is 7.14. The Hall–Kier alpha value is -3.64. The number of aryl methyl sites for hydroxylation is 1. The van der Waals surface area contributed by atoms with E-state index < -0.39 is 5.91 Å². The van der Waals surface area contributed by atoms with Crippen molar-refractivity contribution in [1.29, 1.82) is 0 Å². The van der Waals surface area contributed by atoms with Crippen molar-refractivity contribution in [3.63, 3.8) is 0 Å². The van der Waals surface area contributed by atoms with Crippen LogP contribution in [0, 0.1) is 6.92 Å². The van der Waals surface area contributed by atoms with Crippen LogP contribution >= 0.6 is 11.6 Å². The predicted octanol–water partition coefficient (Wildman–Crippen LogP) is 5.16. The highest BCUT2D eigenvalue weighted by atomic mass is 35.5. The van der Waals surface area contributed by atoms with E-state index in [9.17, 15) is 4.79 Å². The van der Waals surface area contributed by atoms with Crippen molar-refractivity contribution in [2.75, 3.05) is 12.4 Å². The molecular formula is C23H19ClN4O2. The summed E-state index contributed by atoms with van der Waals surface area (Å²) in [7, 11) is 1.57. The third-order valence-electron chi connectivity index (χ3n) is 4.50. The lowest BCUT2D eigenvalue weighted by atomic mass is 10.2. The van der Waals surface area contributed by atoms with Crippen LogP contribution in [-0.2, 0) is 0 Å². The van der Waals surface area contributed by atoms with Crippen LogP contribution in [0.3, 0.4) is 0 Å². The first-order valence-corrected chi connectivity index (χ1v) is 9.67. The number of carbonyl (C=O) groups excluding carboxylic acids is 1. The molecule has 0 unspecified atom stereocenters. The Morgan fingerprint density at radius 1 is 1.03 bits per heavy atom. The Morgan fingerprint density at radius 3 is 2.53 bits per heavy atom. The number of methoxy groups -OCH3 is 1. The molecule has 1 amide bonds. The molecule has 0 atom stereocenters. The zero-order valence-corrected chi connectivity index (χ0v) is 17.2. The molecule has 0 aliphatic rings. The molecule has 0 fully saturated rings. The van der Waals surface area contributed by atoms with Gasteiger partial charge in [0.05, 0.1) is 12.8 Å². The lowest BCUT2D eigenvalue weighted by molar-refractivity contribution is 0.101. The summed E-state index contributed by atoms with van der Waals surface area (Å²) < 4.78 is 6.85. The molecule has 30 heavy (non-hydrogen) atoms. The Balaban J connectivity index is 1.74. The number of carbonyl (C=O) groups is 1. The fraction of sp³-hybridized carbons (Fsp3) is 0.0870. The summed E-state index contributed by atoms with van der Waals surface area (Å²) in [6.07, 6.45) is 0. The molecule has 0 saturated heterocycles. The van der Waals surface area contributed by atoms with E-state index in [1.807, 2.05) is 43.3 Å². The van der Waals surface area contributed by atoms with E-state index in [0.29, 0.717) is 22.3 Å². The Bertz CT molecular complexity index is 1200. The predicted molar refractivity (Wildman–Crippen MR) is 117 cm³/mol. The first-order valence-electron chi connectivity index (χ1n) is 9.29. The molecular weight excluding hydrogens is 400 g/mol. The molecule has 0 spiro atoms. The van der Waals surface area contributed by atoms with Gasteiger partial charge < -0.3 is 10.1 Å². The van der Waals surface area contributed by atoms with Crippen molar-refractivity contribution in [2.24, 2.45) is 0 Å². The number of anilines is 1. The van der Waals surface area contributed by atoms with Gasteiger partial charge in [0.25, 0.3) is 5.91 Å². The van der Waals surface area contributed by atoms with E-state index in [2.05, 4.69) is 15.4 Å². The summed E-state index contributed by atoms with van der Waals surface area (Å²) in [5.74, 6) is 0.800. The molecule has 4 rings (SSSR count). The molecule has 0 aliphatic heterocycles. The van der Waals surface area contributed by atoms with E-state index >= 15 is 0 Å². The fourth-order valence-electron chi connectivity index (χ4n) is 2.98. The highest BCUT2D eigenvalue weighted by molar-refractivity contribution is 6.30. The Labute approximate surface area is 179 Å². The average molecular weight is 419 g/mol. The van der Waals surface area contributed by atoms with Crippen LogP contribution < -0.4 is 10.1 Å². The Kier molecular flexibility index (Phi) is 5.50. The number of rotatable bonds is 5. The molecule has 0 radical (unpaired) electrons. The molecule has 1 aromatic heterocycles. The largest absolute Gasteiger partial charge is 0.497 e. The van der Waals surface area contributed by atoms with Crippen LogP contribution in [-0.4, -0.2) is 27.8 Å². The van der Waals surface area contributed by atoms with Crippen LogP contribution in [0.25, 0.3) is 17.1 Å². The molecule has 0 aliphatic carbocycles. The summed E-state index contributed by atoms with van der Waals surface area (Å²) in [6.45, 7) is 2.01. The molecule has 0 saturated carbocycles. The zero-order chi connectivity index (χ0) is 21.1. The minimum atomic E-state index is -0.419. The molecule has 3 aromatic carbocycles. The van der Waals surface area contributed by atoms with Crippen LogP contribution in [0.5, 0.6) is 5.75 Å². The summed E-state index contributed by atoms with van der Waals surface area (Å²) >= 11 is 6.17. The highest BCUT2D eigenvalue weighted by Gasteiger charge is 2.19. The third kappa shape index (κ3) is 4.18. The first kappa shape index (κ1) is 19.7. The lowest BCUT2D eigenvalue weighted by Crippen LogP contribution is -2.14. The summed E-state index contributed by atoms with van der Waals surface area (Å²) in [6, 6.07) is 22.2. The van der Waals surface area contributed by atoms with Gasteiger partial charge in [-0.1, -0.05) is 47.5 Å². The summed E-state index contributed by atoms with van der Waals surface area (Å²) in [5, 5.41) is 7.86. The second kappa shape index (κ2) is 8.39. The van der Waals surface area contributed by atoms with Gasteiger partial charge in [0.2, 0.25) is 5.82 Å². The maximum absolute atomic E-state index is 12.8. The molecule has 7 heteroatoms. The normalized spacial score (nSPS) is 10.6. The van der Waals surface area contributed by atoms with Gasteiger partial charge in [-0.15, -0.1) is 5.10 Å². The van der Waals surface area contributed by atoms with Gasteiger partial charge in [0, 0.05) is 22.3 Å². The van der Waals surface area contributed by atoms with E-state index in [1.165, 1.54) is 0 Å². The van der Waals surface area contributed by atoms with Crippen molar-refractivity contribution >= 4 is 23.2 Å². The maximum atomic E-state index is 12.8. The number of amides is 1. The lowest BCUT2D eigenvalue weighted by Gasteiger charge is -2.06. The van der Waals surface area contributed by atoms with Gasteiger partial charge >= 0.3 is 0 Å². The number of nitrogens with zero attached hydrogens (tertiary/aromatic N) is 3. The molecule has 4 aromatic rings. The quantitative estimate of drug-likeness (QED) is 0.486. The number of nitrogens with one attached hydrogen (secondary N) is 1. The standard InChI is InChI=1S/C23H19ClN4O2/c1-15-9-11-19(12-10-15)28-22(16-5-3-6-17(24)13-16)26-21(27-28)23(29)25-18-7-4-8-20(14-18)30-2/h3-14H,1-2H3,(H,25,29). The number of benzene rings is 3. The molecule has 6 nitrogen and oxygen atoms in total. The molecule has 0 bridgehead atoms. The van der Waals surface area contributed by atoms with E-state index in [4.69, 9.17) is 16.3 Å². The van der Waals surface area contributed by atoms with Crippen molar-refractivity contribution < 1.29 is 9.53 Å². The number of halogens is 1. The zero-order valence-electron chi connectivity index (χ0n) is 16.5. The summed E-state index contributed by atoms with van der Waals surface area (Å²) in [4.78, 5) is 17.4. The van der Waals surface area contributed by atoms with E-state index in [-0.39, 0.29) is 5.82 Å². The second-order valence-electron chi connectivity index (χ2n) is 6.70. The van der Waals surface area contributed by atoms with Crippen molar-refractivity contribution in [3.05, 3.63) is 89.2 Å². The average Bonchev–Trinajstić information content (AvgIpc) is 3.20. The van der Waals surface area contributed by atoms with Gasteiger partial charge in [-0.2, -0.15) is 0 Å². The molecule has 1 heterocycles. The number of hydrogen-bond acceptors (Lipinski definition) is 4. The van der Waals surface area contributed by atoms with Crippen LogP contribution in [0.1, 0.15) is 16.2 Å². The minimum absolute atomic E-state index is 0.0494. The topological polar surface area (TPSA) is 69.0 Å². The van der Waals surface area contributed by atoms with Gasteiger partial charge in [-0.3, -0.25) is 4.79 Å². The van der Waals surface area contributed by atoms with Gasteiger partial charge in [-0.25, -0.2) is 9.67 Å². The molecule has 1 N–H and O–H groups in total. The monoisotopic (exact) mass is 418 g/mol. The highest BCUT2D eigenvalue weighted by Crippen LogP contribution is 2.25. The fourth-order valence-corrected chi connectivity index (χ4v) is 3.17. The van der Waals surface area contributed by atoms with Gasteiger partial charge in [0.15, 0.2) is 5.82 Å². The third-order valence-corrected chi connectivity index (χ3v) is 4.73. The van der Waals surface area contributed by atoms with Crippen molar-refractivity contribution in [1.82, 2.24) is 14.8 Å².